The highest BCUT2D eigenvalue weighted by Gasteiger charge is 2.26. The molecule has 1 atom stereocenters. The van der Waals surface area contributed by atoms with Gasteiger partial charge >= 0.3 is 6.18 Å². The Morgan fingerprint density at radius 2 is 1.67 bits per heavy atom. The third-order valence-corrected chi connectivity index (χ3v) is 2.10. The maximum atomic E-state index is 11.8. The molecule has 0 heterocycles. The Hall–Kier alpha value is -0.250. The molecule has 0 aliphatic carbocycles. The van der Waals surface area contributed by atoms with Crippen LogP contribution in [-0.4, -0.2) is 19.3 Å². The fourth-order valence-corrected chi connectivity index (χ4v) is 1.73. The maximum absolute atomic E-state index is 11.8. The van der Waals surface area contributed by atoms with Gasteiger partial charge in [-0.05, 0) is 30.7 Å². The van der Waals surface area contributed by atoms with Crippen molar-refractivity contribution in [3.05, 3.63) is 0 Å². The minimum Gasteiger partial charge on any atom is -0.309 e. The lowest BCUT2D eigenvalue weighted by molar-refractivity contribution is -0.124. The van der Waals surface area contributed by atoms with Gasteiger partial charge in [-0.1, -0.05) is 27.7 Å². The van der Waals surface area contributed by atoms with Crippen LogP contribution in [0.1, 0.15) is 40.5 Å². The van der Waals surface area contributed by atoms with Gasteiger partial charge in [0.25, 0.3) is 0 Å². The first-order chi connectivity index (χ1) is 6.60. The summed E-state index contributed by atoms with van der Waals surface area (Å²) in [6, 6.07) is 0. The van der Waals surface area contributed by atoms with Crippen LogP contribution in [0.4, 0.5) is 13.2 Å². The predicted octanol–water partition coefficient (Wildman–Crippen LogP) is 3.60. The van der Waals surface area contributed by atoms with Crippen molar-refractivity contribution in [1.82, 2.24) is 5.32 Å². The van der Waals surface area contributed by atoms with Crippen LogP contribution >= 0.6 is 0 Å². The number of alkyl halides is 3. The molecule has 0 aromatic heterocycles. The SMILES string of the molecule is CC(CCNCC(F)(F)F)CC(C)(C)C. The third-order valence-electron chi connectivity index (χ3n) is 2.10. The largest absolute Gasteiger partial charge is 0.401 e. The fourth-order valence-electron chi connectivity index (χ4n) is 1.73. The summed E-state index contributed by atoms with van der Waals surface area (Å²) >= 11 is 0. The first-order valence-electron chi connectivity index (χ1n) is 5.38. The monoisotopic (exact) mass is 225 g/mol. The highest BCUT2D eigenvalue weighted by atomic mass is 19.4. The van der Waals surface area contributed by atoms with Crippen LogP contribution in [-0.2, 0) is 0 Å². The second-order valence-electron chi connectivity index (χ2n) is 5.45. The van der Waals surface area contributed by atoms with Crippen LogP contribution in [0.3, 0.4) is 0 Å². The molecule has 0 fully saturated rings. The van der Waals surface area contributed by atoms with Gasteiger partial charge < -0.3 is 5.32 Å². The Morgan fingerprint density at radius 3 is 2.07 bits per heavy atom. The molecule has 0 saturated heterocycles. The Morgan fingerprint density at radius 1 is 1.13 bits per heavy atom. The predicted molar refractivity (Wildman–Crippen MR) is 56.8 cm³/mol. The van der Waals surface area contributed by atoms with Crippen molar-refractivity contribution in [3.8, 4) is 0 Å². The van der Waals surface area contributed by atoms with Crippen LogP contribution in [0.15, 0.2) is 0 Å². The molecule has 0 spiro atoms. The summed E-state index contributed by atoms with van der Waals surface area (Å²) < 4.78 is 35.4. The van der Waals surface area contributed by atoms with Crippen molar-refractivity contribution in [3.63, 3.8) is 0 Å². The molecule has 0 amide bonds. The number of hydrogen-bond acceptors (Lipinski definition) is 1. The molecule has 4 heteroatoms. The Balaban J connectivity index is 3.52. The van der Waals surface area contributed by atoms with E-state index in [1.165, 1.54) is 0 Å². The normalized spacial score (nSPS) is 15.4. The van der Waals surface area contributed by atoms with E-state index in [0.29, 0.717) is 12.5 Å². The lowest BCUT2D eigenvalue weighted by atomic mass is 9.84. The van der Waals surface area contributed by atoms with E-state index >= 15 is 0 Å². The van der Waals surface area contributed by atoms with E-state index in [-0.39, 0.29) is 5.41 Å². The topological polar surface area (TPSA) is 12.0 Å². The second kappa shape index (κ2) is 5.73. The Labute approximate surface area is 90.4 Å². The van der Waals surface area contributed by atoms with Crippen LogP contribution in [0.5, 0.6) is 0 Å². The van der Waals surface area contributed by atoms with E-state index < -0.39 is 12.7 Å². The zero-order valence-corrected chi connectivity index (χ0v) is 10.0. The lowest BCUT2D eigenvalue weighted by Gasteiger charge is -2.23. The van der Waals surface area contributed by atoms with Gasteiger partial charge in [0.1, 0.15) is 0 Å². The van der Waals surface area contributed by atoms with Gasteiger partial charge in [-0.25, -0.2) is 0 Å². The summed E-state index contributed by atoms with van der Waals surface area (Å²) in [6.07, 6.45) is -2.25. The molecule has 0 aliphatic heterocycles. The van der Waals surface area contributed by atoms with Crippen LogP contribution < -0.4 is 5.32 Å². The van der Waals surface area contributed by atoms with E-state index in [1.54, 1.807) is 0 Å². The fraction of sp³-hybridized carbons (Fsp3) is 1.00. The number of halogens is 3. The summed E-state index contributed by atoms with van der Waals surface area (Å²) in [5.74, 6) is 0.464. The number of nitrogens with one attached hydrogen (secondary N) is 1. The zero-order chi connectivity index (χ0) is 12.1. The average Bonchev–Trinajstić information content (AvgIpc) is 1.92. The van der Waals surface area contributed by atoms with Crippen LogP contribution in [0, 0.1) is 11.3 Å². The number of hydrogen-bond donors (Lipinski definition) is 1. The van der Waals surface area contributed by atoms with E-state index in [4.69, 9.17) is 0 Å². The van der Waals surface area contributed by atoms with E-state index in [2.05, 4.69) is 33.0 Å². The minimum absolute atomic E-state index is 0.253. The average molecular weight is 225 g/mol. The quantitative estimate of drug-likeness (QED) is 0.705. The van der Waals surface area contributed by atoms with Crippen molar-refractivity contribution < 1.29 is 13.2 Å². The molecule has 1 N–H and O–H groups in total. The molecule has 1 nitrogen and oxygen atoms in total. The molecule has 0 radical (unpaired) electrons. The molecular formula is C11H22F3N. The molecule has 0 bridgehead atoms. The van der Waals surface area contributed by atoms with Gasteiger partial charge in [0.15, 0.2) is 0 Å². The molecule has 0 aliphatic rings. The molecule has 0 aromatic rings. The van der Waals surface area contributed by atoms with Gasteiger partial charge in [-0.15, -0.1) is 0 Å². The maximum Gasteiger partial charge on any atom is 0.401 e. The van der Waals surface area contributed by atoms with Crippen LogP contribution in [0.2, 0.25) is 0 Å². The summed E-state index contributed by atoms with van der Waals surface area (Å²) in [6.45, 7) is 8.08. The van der Waals surface area contributed by atoms with Gasteiger partial charge in [0, 0.05) is 0 Å². The highest BCUT2D eigenvalue weighted by molar-refractivity contribution is 4.67. The van der Waals surface area contributed by atoms with Crippen molar-refractivity contribution in [1.29, 1.82) is 0 Å². The van der Waals surface area contributed by atoms with Crippen molar-refractivity contribution in [2.75, 3.05) is 13.1 Å². The summed E-state index contributed by atoms with van der Waals surface area (Å²) in [5.41, 5.74) is 0.253. The summed E-state index contributed by atoms with van der Waals surface area (Å²) in [4.78, 5) is 0. The van der Waals surface area contributed by atoms with Crippen LogP contribution in [0.25, 0.3) is 0 Å². The second-order valence-corrected chi connectivity index (χ2v) is 5.45. The van der Waals surface area contributed by atoms with Crippen molar-refractivity contribution in [2.24, 2.45) is 11.3 Å². The Kier molecular flexibility index (Phi) is 5.63. The summed E-state index contributed by atoms with van der Waals surface area (Å²) in [7, 11) is 0. The van der Waals surface area contributed by atoms with E-state index in [0.717, 1.165) is 12.8 Å². The van der Waals surface area contributed by atoms with E-state index in [9.17, 15) is 13.2 Å². The molecular weight excluding hydrogens is 203 g/mol. The minimum atomic E-state index is -4.09. The smallest absolute Gasteiger partial charge is 0.309 e. The molecule has 0 aromatic carbocycles. The molecule has 0 rings (SSSR count). The first-order valence-corrected chi connectivity index (χ1v) is 5.38. The van der Waals surface area contributed by atoms with Gasteiger partial charge in [0.05, 0.1) is 6.54 Å². The molecule has 92 valence electrons. The molecule has 0 saturated carbocycles. The summed E-state index contributed by atoms with van der Waals surface area (Å²) in [5, 5.41) is 2.42. The number of rotatable bonds is 5. The standard InChI is InChI=1S/C11H22F3N/c1-9(7-10(2,3)4)5-6-15-8-11(12,13)14/h9,15H,5-8H2,1-4H3. The lowest BCUT2D eigenvalue weighted by Crippen LogP contribution is -2.30. The van der Waals surface area contributed by atoms with Crippen molar-refractivity contribution in [2.45, 2.75) is 46.7 Å². The highest BCUT2D eigenvalue weighted by Crippen LogP contribution is 2.25. The van der Waals surface area contributed by atoms with Gasteiger partial charge in [-0.2, -0.15) is 13.2 Å². The van der Waals surface area contributed by atoms with Crippen molar-refractivity contribution >= 4 is 0 Å². The van der Waals surface area contributed by atoms with Gasteiger partial charge in [0.2, 0.25) is 0 Å². The third kappa shape index (κ3) is 11.7. The molecule has 15 heavy (non-hydrogen) atoms. The Bertz CT molecular complexity index is 170. The zero-order valence-electron chi connectivity index (χ0n) is 10.0. The van der Waals surface area contributed by atoms with Gasteiger partial charge in [-0.3, -0.25) is 0 Å². The van der Waals surface area contributed by atoms with E-state index in [1.807, 2.05) is 0 Å². The first kappa shape index (κ1) is 14.8. The molecule has 1 unspecified atom stereocenters.